The molecule has 0 aromatic heterocycles. The Labute approximate surface area is 224 Å². The molecule has 5 N–H and O–H groups in total. The number of nitrogens with one attached hydrogen (secondary N) is 1. The molecule has 0 fully saturated rings. The van der Waals surface area contributed by atoms with Crippen LogP contribution in [0.2, 0.25) is 0 Å². The van der Waals surface area contributed by atoms with E-state index < -0.39 is 0 Å². The number of ether oxygens (including phenoxy) is 2. The van der Waals surface area contributed by atoms with Crippen LogP contribution < -0.4 is 26.5 Å². The summed E-state index contributed by atoms with van der Waals surface area (Å²) >= 11 is 0. The summed E-state index contributed by atoms with van der Waals surface area (Å²) in [6.07, 6.45) is 0.847. The number of rotatable bonds is 8. The molecular formula is C29H32ClN5O2. The number of hydrazine groups is 1. The van der Waals surface area contributed by atoms with Crippen LogP contribution in [0.25, 0.3) is 0 Å². The quantitative estimate of drug-likeness (QED) is 0.201. The second kappa shape index (κ2) is 14.5. The Morgan fingerprint density at radius 3 is 1.73 bits per heavy atom. The molecule has 8 heteroatoms. The first kappa shape index (κ1) is 27.5. The van der Waals surface area contributed by atoms with Gasteiger partial charge in [0.1, 0.15) is 28.8 Å². The van der Waals surface area contributed by atoms with Crippen molar-refractivity contribution in [1.82, 2.24) is 10.4 Å². The summed E-state index contributed by atoms with van der Waals surface area (Å²) in [5.74, 6) is 9.31. The Hall–Kier alpha value is -4.04. The molecule has 192 valence electrons. The van der Waals surface area contributed by atoms with Gasteiger partial charge in [-0.2, -0.15) is 5.10 Å². The lowest BCUT2D eigenvalue weighted by molar-refractivity contribution is 0.309. The van der Waals surface area contributed by atoms with E-state index in [1.54, 1.807) is 0 Å². The van der Waals surface area contributed by atoms with E-state index in [1.165, 1.54) is 0 Å². The van der Waals surface area contributed by atoms with Crippen molar-refractivity contribution in [2.24, 2.45) is 16.7 Å². The molecule has 0 radical (unpaired) electrons. The molecule has 0 bridgehead atoms. The molecule has 7 nitrogen and oxygen atoms in total. The van der Waals surface area contributed by atoms with Gasteiger partial charge in [-0.1, -0.05) is 60.7 Å². The van der Waals surface area contributed by atoms with Gasteiger partial charge in [0, 0.05) is 19.5 Å². The van der Waals surface area contributed by atoms with Crippen LogP contribution in [0.1, 0.15) is 17.5 Å². The van der Waals surface area contributed by atoms with Crippen molar-refractivity contribution in [3.63, 3.8) is 0 Å². The first-order chi connectivity index (χ1) is 17.7. The summed E-state index contributed by atoms with van der Waals surface area (Å²) in [4.78, 5) is 0. The zero-order chi connectivity index (χ0) is 25.0. The number of hydrogen-bond donors (Lipinski definition) is 3. The molecule has 37 heavy (non-hydrogen) atoms. The van der Waals surface area contributed by atoms with E-state index in [0.29, 0.717) is 12.4 Å². The van der Waals surface area contributed by atoms with Crippen LogP contribution in [-0.4, -0.2) is 17.4 Å². The molecule has 0 spiro atoms. The monoisotopic (exact) mass is 517 g/mol. The second-order valence-electron chi connectivity index (χ2n) is 8.24. The van der Waals surface area contributed by atoms with Gasteiger partial charge in [-0.25, -0.2) is 0 Å². The Kier molecular flexibility index (Phi) is 10.8. The van der Waals surface area contributed by atoms with Crippen LogP contribution >= 0.6 is 12.4 Å². The SMILES string of the molecule is Cl.NC1=NN(Cc2cccc(Oc3ccccc3)c2)CC1.NNCc1cccc(Oc2ccccc2)c1. The van der Waals surface area contributed by atoms with Crippen LogP contribution in [-0.2, 0) is 13.1 Å². The molecule has 4 aromatic carbocycles. The standard InChI is InChI=1S/C16H17N3O.C13H14N2O.ClH/c17-16-9-10-19(18-16)12-13-5-4-8-15(11-13)20-14-6-2-1-3-7-14;14-15-10-11-5-4-8-13(9-11)16-12-6-2-1-3-7-12;/h1-8,11H,9-10,12H2,(H2,17,18);1-9,15H,10,14H2;1H. The third-order valence-electron chi connectivity index (χ3n) is 5.32. The highest BCUT2D eigenvalue weighted by Crippen LogP contribution is 2.23. The lowest BCUT2D eigenvalue weighted by Gasteiger charge is -2.14. The molecule has 1 aliphatic heterocycles. The van der Waals surface area contributed by atoms with Gasteiger partial charge in [0.05, 0.1) is 6.54 Å². The zero-order valence-corrected chi connectivity index (χ0v) is 21.3. The first-order valence-corrected chi connectivity index (χ1v) is 11.8. The third kappa shape index (κ3) is 9.16. The summed E-state index contributed by atoms with van der Waals surface area (Å²) in [5, 5.41) is 6.27. The fourth-order valence-corrected chi connectivity index (χ4v) is 3.64. The number of para-hydroxylation sites is 2. The van der Waals surface area contributed by atoms with Crippen LogP contribution in [0, 0.1) is 0 Å². The molecule has 0 saturated heterocycles. The minimum Gasteiger partial charge on any atom is -0.457 e. The van der Waals surface area contributed by atoms with Crippen molar-refractivity contribution in [1.29, 1.82) is 0 Å². The Balaban J connectivity index is 0.000000205. The minimum absolute atomic E-state index is 0. The van der Waals surface area contributed by atoms with E-state index >= 15 is 0 Å². The summed E-state index contributed by atoms with van der Waals surface area (Å²) in [7, 11) is 0. The smallest absolute Gasteiger partial charge is 0.127 e. The molecular weight excluding hydrogens is 486 g/mol. The maximum atomic E-state index is 5.83. The van der Waals surface area contributed by atoms with Gasteiger partial charge in [0.2, 0.25) is 0 Å². The summed E-state index contributed by atoms with van der Waals surface area (Å²) in [5.41, 5.74) is 10.6. The number of hydrogen-bond acceptors (Lipinski definition) is 7. The Bertz CT molecular complexity index is 1260. The summed E-state index contributed by atoms with van der Waals surface area (Å²) in [6, 6.07) is 35.4. The highest BCUT2D eigenvalue weighted by molar-refractivity contribution is 5.85. The fourth-order valence-electron chi connectivity index (χ4n) is 3.64. The molecule has 4 aromatic rings. The highest BCUT2D eigenvalue weighted by atomic mass is 35.5. The number of halogens is 1. The lowest BCUT2D eigenvalue weighted by atomic mass is 10.2. The largest absolute Gasteiger partial charge is 0.457 e. The van der Waals surface area contributed by atoms with E-state index in [9.17, 15) is 0 Å². The maximum absolute atomic E-state index is 5.83. The minimum atomic E-state index is 0. The first-order valence-electron chi connectivity index (χ1n) is 11.8. The highest BCUT2D eigenvalue weighted by Gasteiger charge is 2.12. The maximum Gasteiger partial charge on any atom is 0.127 e. The lowest BCUT2D eigenvalue weighted by Crippen LogP contribution is -2.20. The molecule has 0 atom stereocenters. The molecule has 0 saturated carbocycles. The van der Waals surface area contributed by atoms with Gasteiger partial charge in [-0.15, -0.1) is 12.4 Å². The van der Waals surface area contributed by atoms with Crippen LogP contribution in [0.3, 0.4) is 0 Å². The van der Waals surface area contributed by atoms with Crippen molar-refractivity contribution in [3.8, 4) is 23.0 Å². The molecule has 1 heterocycles. The van der Waals surface area contributed by atoms with Gasteiger partial charge < -0.3 is 15.2 Å². The number of hydrazone groups is 1. The van der Waals surface area contributed by atoms with Crippen molar-refractivity contribution < 1.29 is 9.47 Å². The van der Waals surface area contributed by atoms with Crippen molar-refractivity contribution in [2.75, 3.05) is 6.54 Å². The van der Waals surface area contributed by atoms with Crippen LogP contribution in [0.15, 0.2) is 114 Å². The van der Waals surface area contributed by atoms with Crippen molar-refractivity contribution >= 4 is 18.2 Å². The predicted octanol–water partition coefficient (Wildman–Crippen LogP) is 5.82. The molecule has 1 aliphatic rings. The van der Waals surface area contributed by atoms with Gasteiger partial charge in [0.15, 0.2) is 0 Å². The van der Waals surface area contributed by atoms with Gasteiger partial charge in [0.25, 0.3) is 0 Å². The second-order valence-corrected chi connectivity index (χ2v) is 8.24. The average Bonchev–Trinajstić information content (AvgIpc) is 3.31. The molecule has 5 rings (SSSR count). The average molecular weight is 518 g/mol. The Morgan fingerprint density at radius 2 is 1.22 bits per heavy atom. The zero-order valence-electron chi connectivity index (χ0n) is 20.5. The van der Waals surface area contributed by atoms with E-state index in [4.69, 9.17) is 21.1 Å². The van der Waals surface area contributed by atoms with E-state index in [0.717, 1.165) is 53.6 Å². The van der Waals surface area contributed by atoms with E-state index in [1.807, 2.05) is 108 Å². The molecule has 0 amide bonds. The predicted molar refractivity (Wildman–Crippen MR) is 151 cm³/mol. The number of nitrogens with zero attached hydrogens (tertiary/aromatic N) is 2. The van der Waals surface area contributed by atoms with Crippen LogP contribution in [0.5, 0.6) is 23.0 Å². The number of benzene rings is 4. The van der Waals surface area contributed by atoms with Crippen molar-refractivity contribution in [3.05, 3.63) is 120 Å². The van der Waals surface area contributed by atoms with E-state index in [2.05, 4.69) is 16.6 Å². The van der Waals surface area contributed by atoms with Crippen LogP contribution in [0.4, 0.5) is 0 Å². The van der Waals surface area contributed by atoms with Crippen molar-refractivity contribution in [2.45, 2.75) is 19.5 Å². The fraction of sp³-hybridized carbons (Fsp3) is 0.138. The summed E-state index contributed by atoms with van der Waals surface area (Å²) < 4.78 is 11.5. The van der Waals surface area contributed by atoms with E-state index in [-0.39, 0.29) is 12.4 Å². The number of nitrogens with two attached hydrogens (primary N) is 2. The number of amidine groups is 1. The third-order valence-corrected chi connectivity index (χ3v) is 5.32. The van der Waals surface area contributed by atoms with Gasteiger partial charge in [-0.05, 0) is 59.7 Å². The normalized spacial score (nSPS) is 12.0. The molecule has 0 aliphatic carbocycles. The Morgan fingerprint density at radius 1 is 0.703 bits per heavy atom. The topological polar surface area (TPSA) is 98.1 Å². The van der Waals surface area contributed by atoms with Gasteiger partial charge in [-0.3, -0.25) is 16.3 Å². The molecule has 0 unspecified atom stereocenters. The van der Waals surface area contributed by atoms with Gasteiger partial charge >= 0.3 is 0 Å². The summed E-state index contributed by atoms with van der Waals surface area (Å²) in [6.45, 7) is 2.27.